The first kappa shape index (κ1) is 27.8. The Labute approximate surface area is 232 Å². The third-order valence-corrected chi connectivity index (χ3v) is 7.80. The third kappa shape index (κ3) is 6.62. The van der Waals surface area contributed by atoms with Crippen LogP contribution in [0.3, 0.4) is 0 Å². The van der Waals surface area contributed by atoms with E-state index in [1.165, 1.54) is 7.11 Å². The lowest BCUT2D eigenvalue weighted by Gasteiger charge is -2.35. The second-order valence-electron chi connectivity index (χ2n) is 8.61. The Morgan fingerprint density at radius 3 is 1.95 bits per heavy atom. The van der Waals surface area contributed by atoms with Crippen LogP contribution in [-0.2, 0) is 25.7 Å². The van der Waals surface area contributed by atoms with E-state index in [1.54, 1.807) is 37.1 Å². The van der Waals surface area contributed by atoms with Gasteiger partial charge in [0.25, 0.3) is 6.47 Å². The van der Waals surface area contributed by atoms with E-state index in [2.05, 4.69) is 36.4 Å². The fourth-order valence-electron chi connectivity index (χ4n) is 4.40. The van der Waals surface area contributed by atoms with Crippen molar-refractivity contribution in [2.45, 2.75) is 17.8 Å². The highest BCUT2D eigenvalue weighted by Crippen LogP contribution is 2.49. The predicted molar refractivity (Wildman–Crippen MR) is 152 cm³/mol. The van der Waals surface area contributed by atoms with Crippen LogP contribution in [0.2, 0.25) is 0 Å². The molecule has 0 fully saturated rings. The SMILES string of the molecule is COc1ccc(C(SCCC(=O)Oc2ccc(COC=O)cc2OC)(c2ccccc2)c2ccccc2)cc1. The van der Waals surface area contributed by atoms with Gasteiger partial charge in [-0.15, -0.1) is 11.8 Å². The lowest BCUT2D eigenvalue weighted by atomic mass is 9.84. The van der Waals surface area contributed by atoms with Gasteiger partial charge >= 0.3 is 5.97 Å². The third-order valence-electron chi connectivity index (χ3n) is 6.25. The highest BCUT2D eigenvalue weighted by atomic mass is 32.2. The lowest BCUT2D eigenvalue weighted by Crippen LogP contribution is -2.26. The maximum Gasteiger partial charge on any atom is 0.312 e. The summed E-state index contributed by atoms with van der Waals surface area (Å²) in [4.78, 5) is 23.4. The summed E-state index contributed by atoms with van der Waals surface area (Å²) in [6.45, 7) is 0.492. The summed E-state index contributed by atoms with van der Waals surface area (Å²) < 4.78 is 20.7. The molecule has 4 rings (SSSR count). The van der Waals surface area contributed by atoms with E-state index in [0.717, 1.165) is 28.0 Å². The van der Waals surface area contributed by atoms with Crippen LogP contribution in [0.4, 0.5) is 0 Å². The molecule has 0 aliphatic heterocycles. The van der Waals surface area contributed by atoms with Crippen LogP contribution in [0.5, 0.6) is 17.2 Å². The molecule has 0 radical (unpaired) electrons. The summed E-state index contributed by atoms with van der Waals surface area (Å²) in [5.74, 6) is 1.61. The molecule has 4 aromatic rings. The summed E-state index contributed by atoms with van der Waals surface area (Å²) in [6, 6.07) is 33.7. The molecule has 0 spiro atoms. The minimum atomic E-state index is -0.563. The number of rotatable bonds is 13. The Balaban J connectivity index is 1.59. The zero-order valence-corrected chi connectivity index (χ0v) is 22.7. The molecule has 6 nitrogen and oxygen atoms in total. The average Bonchev–Trinajstić information content (AvgIpc) is 3.00. The number of benzene rings is 4. The Hall–Kier alpha value is -4.23. The number of esters is 1. The molecule has 0 atom stereocenters. The fraction of sp³-hybridized carbons (Fsp3) is 0.188. The summed E-state index contributed by atoms with van der Waals surface area (Å²) in [7, 11) is 3.15. The normalized spacial score (nSPS) is 10.9. The Morgan fingerprint density at radius 2 is 1.38 bits per heavy atom. The number of hydrogen-bond donors (Lipinski definition) is 0. The van der Waals surface area contributed by atoms with Crippen molar-refractivity contribution in [3.05, 3.63) is 125 Å². The summed E-state index contributed by atoms with van der Waals surface area (Å²) in [5.41, 5.74) is 4.02. The van der Waals surface area contributed by atoms with Gasteiger partial charge < -0.3 is 18.9 Å². The molecule has 0 amide bonds. The van der Waals surface area contributed by atoms with Gasteiger partial charge in [-0.1, -0.05) is 78.9 Å². The van der Waals surface area contributed by atoms with Crippen molar-refractivity contribution in [2.75, 3.05) is 20.0 Å². The first-order chi connectivity index (χ1) is 19.1. The summed E-state index contributed by atoms with van der Waals surface area (Å²) in [6.07, 6.45) is 0.182. The molecule has 7 heteroatoms. The van der Waals surface area contributed by atoms with Crippen molar-refractivity contribution in [3.8, 4) is 17.2 Å². The molecular formula is C32H30O6S. The van der Waals surface area contributed by atoms with Crippen LogP contribution in [0.15, 0.2) is 103 Å². The van der Waals surface area contributed by atoms with Gasteiger partial charge in [-0.25, -0.2) is 0 Å². The van der Waals surface area contributed by atoms with Gasteiger partial charge in [-0.05, 0) is 46.5 Å². The van der Waals surface area contributed by atoms with Gasteiger partial charge in [0.05, 0.1) is 25.4 Å². The van der Waals surface area contributed by atoms with Crippen LogP contribution in [-0.4, -0.2) is 32.4 Å². The molecule has 4 aromatic carbocycles. The molecule has 0 aliphatic rings. The molecule has 0 aliphatic carbocycles. The summed E-state index contributed by atoms with van der Waals surface area (Å²) >= 11 is 1.68. The molecular weight excluding hydrogens is 512 g/mol. The minimum Gasteiger partial charge on any atom is -0.497 e. The zero-order valence-electron chi connectivity index (χ0n) is 21.9. The number of thioether (sulfide) groups is 1. The second kappa shape index (κ2) is 13.5. The second-order valence-corrected chi connectivity index (χ2v) is 9.92. The van der Waals surface area contributed by atoms with Crippen LogP contribution < -0.4 is 14.2 Å². The van der Waals surface area contributed by atoms with Crippen LogP contribution in [0.25, 0.3) is 0 Å². The molecule has 0 saturated heterocycles. The minimum absolute atomic E-state index is 0.108. The highest BCUT2D eigenvalue weighted by Gasteiger charge is 2.37. The van der Waals surface area contributed by atoms with Crippen molar-refractivity contribution in [2.24, 2.45) is 0 Å². The molecule has 0 bridgehead atoms. The molecule has 0 unspecified atom stereocenters. The van der Waals surface area contributed by atoms with Gasteiger partial charge in [0.2, 0.25) is 0 Å². The van der Waals surface area contributed by atoms with Crippen molar-refractivity contribution >= 4 is 24.2 Å². The highest BCUT2D eigenvalue weighted by molar-refractivity contribution is 8.00. The smallest absolute Gasteiger partial charge is 0.312 e. The van der Waals surface area contributed by atoms with Crippen molar-refractivity contribution in [1.82, 2.24) is 0 Å². The average molecular weight is 543 g/mol. The molecule has 39 heavy (non-hydrogen) atoms. The molecule has 0 N–H and O–H groups in total. The van der Waals surface area contributed by atoms with Crippen molar-refractivity contribution in [1.29, 1.82) is 0 Å². The number of carbonyl (C=O) groups excluding carboxylic acids is 2. The van der Waals surface area contributed by atoms with Crippen LogP contribution >= 0.6 is 11.8 Å². The van der Waals surface area contributed by atoms with Crippen LogP contribution in [0, 0.1) is 0 Å². The fourth-order valence-corrected chi connectivity index (χ4v) is 5.88. The number of ether oxygens (including phenoxy) is 4. The predicted octanol–water partition coefficient (Wildman–Crippen LogP) is 6.40. The van der Waals surface area contributed by atoms with E-state index in [0.29, 0.717) is 23.7 Å². The van der Waals surface area contributed by atoms with Crippen LogP contribution in [0.1, 0.15) is 28.7 Å². The molecule has 200 valence electrons. The van der Waals surface area contributed by atoms with Gasteiger partial charge in [0.1, 0.15) is 12.4 Å². The Bertz CT molecular complexity index is 1320. The Kier molecular flexibility index (Phi) is 9.64. The first-order valence-electron chi connectivity index (χ1n) is 12.4. The zero-order chi connectivity index (χ0) is 27.5. The lowest BCUT2D eigenvalue weighted by molar-refractivity contribution is -0.134. The van der Waals surface area contributed by atoms with E-state index in [9.17, 15) is 9.59 Å². The molecule has 0 saturated carbocycles. The van der Waals surface area contributed by atoms with E-state index in [1.807, 2.05) is 48.5 Å². The monoisotopic (exact) mass is 542 g/mol. The van der Waals surface area contributed by atoms with Gasteiger partial charge in [-0.3, -0.25) is 9.59 Å². The quantitative estimate of drug-likeness (QED) is 0.0838. The molecule has 0 aromatic heterocycles. The summed E-state index contributed by atoms with van der Waals surface area (Å²) in [5, 5.41) is 0. The van der Waals surface area contributed by atoms with Gasteiger partial charge in [0, 0.05) is 5.75 Å². The number of carbonyl (C=O) groups is 2. The number of hydrogen-bond acceptors (Lipinski definition) is 7. The van der Waals surface area contributed by atoms with E-state index in [4.69, 9.17) is 18.9 Å². The van der Waals surface area contributed by atoms with E-state index in [-0.39, 0.29) is 19.0 Å². The van der Waals surface area contributed by atoms with E-state index < -0.39 is 4.75 Å². The maximum atomic E-state index is 12.9. The molecule has 0 heterocycles. The maximum absolute atomic E-state index is 12.9. The van der Waals surface area contributed by atoms with Crippen molar-refractivity contribution < 1.29 is 28.5 Å². The van der Waals surface area contributed by atoms with Gasteiger partial charge in [-0.2, -0.15) is 0 Å². The number of methoxy groups -OCH3 is 2. The van der Waals surface area contributed by atoms with E-state index >= 15 is 0 Å². The topological polar surface area (TPSA) is 71.1 Å². The van der Waals surface area contributed by atoms with Gasteiger partial charge in [0.15, 0.2) is 11.5 Å². The first-order valence-corrected chi connectivity index (χ1v) is 13.4. The Morgan fingerprint density at radius 1 is 0.769 bits per heavy atom. The van der Waals surface area contributed by atoms with Crippen molar-refractivity contribution in [3.63, 3.8) is 0 Å². The standard InChI is InChI=1S/C32H30O6S/c1-35-28-16-14-27(15-17-28)32(25-9-5-3-6-10-25,26-11-7-4-8-12-26)39-20-19-31(34)38-29-18-13-24(22-37-23-33)21-30(29)36-2/h3-18,21,23H,19-20,22H2,1-2H3. The largest absolute Gasteiger partial charge is 0.497 e.